The SMILES string of the molecule is Cn1cc(C#CCCCCC#Cc2cn(C)nc2-c2ccccc2O)c(-c2ccccc2O)n1.[CH3-].[V]. The molecule has 2 heterocycles. The molecular formula is C29H29N4O2V-. The first kappa shape index (κ1) is 28.4. The molecule has 0 saturated heterocycles. The zero-order valence-electron chi connectivity index (χ0n) is 20.7. The molecule has 7 heteroatoms. The third kappa shape index (κ3) is 6.86. The van der Waals surface area contributed by atoms with Gasteiger partial charge in [-0.1, -0.05) is 47.9 Å². The summed E-state index contributed by atoms with van der Waals surface area (Å²) in [6, 6.07) is 14.3. The van der Waals surface area contributed by atoms with Crippen LogP contribution in [0.15, 0.2) is 60.9 Å². The predicted octanol–water partition coefficient (Wildman–Crippen LogP) is 5.31. The molecule has 1 radical (unpaired) electrons. The van der Waals surface area contributed by atoms with Crippen molar-refractivity contribution in [1.29, 1.82) is 0 Å². The van der Waals surface area contributed by atoms with E-state index in [1.54, 1.807) is 33.6 Å². The number of phenolic OH excluding ortho intramolecular Hbond substituents is 2. The summed E-state index contributed by atoms with van der Waals surface area (Å²) in [5, 5.41) is 29.2. The minimum atomic E-state index is 0. The standard InChI is InChI=1S/C28H26N4O2.CH3.V/c1-31-19-21(27(29-31)23-15-9-11-17-25(23)33)13-7-5-3-4-6-8-14-22-20-32(2)30-28(22)24-16-10-12-18-26(24)34;;/h9-12,15-20,33-34H,3-6H2,1-2H3;1H3;/q;-1;. The molecule has 2 aromatic carbocycles. The number of aromatic hydroxyl groups is 2. The molecule has 2 aromatic heterocycles. The largest absolute Gasteiger partial charge is 0.507 e. The summed E-state index contributed by atoms with van der Waals surface area (Å²) in [4.78, 5) is 0. The van der Waals surface area contributed by atoms with Gasteiger partial charge in [0.15, 0.2) is 0 Å². The average molecular weight is 517 g/mol. The van der Waals surface area contributed by atoms with E-state index in [2.05, 4.69) is 33.9 Å². The zero-order chi connectivity index (χ0) is 23.9. The number of aromatic nitrogens is 4. The predicted molar refractivity (Wildman–Crippen MR) is 139 cm³/mol. The first-order valence-electron chi connectivity index (χ1n) is 11.1. The maximum Gasteiger partial charge on any atom is 0.125 e. The Morgan fingerprint density at radius 3 is 1.47 bits per heavy atom. The Hall–Kier alpha value is -3.84. The van der Waals surface area contributed by atoms with Gasteiger partial charge in [-0.25, -0.2) is 0 Å². The number of unbranched alkanes of at least 4 members (excludes halogenated alkanes) is 3. The van der Waals surface area contributed by atoms with Crippen LogP contribution in [0.5, 0.6) is 11.5 Å². The molecule has 0 saturated carbocycles. The molecule has 0 aliphatic carbocycles. The smallest absolute Gasteiger partial charge is 0.125 e. The van der Waals surface area contributed by atoms with E-state index < -0.39 is 0 Å². The molecule has 2 N–H and O–H groups in total. The van der Waals surface area contributed by atoms with Crippen LogP contribution in [0.1, 0.15) is 36.8 Å². The summed E-state index contributed by atoms with van der Waals surface area (Å²) in [5.41, 5.74) is 4.35. The fourth-order valence-electron chi connectivity index (χ4n) is 3.65. The maximum absolute atomic E-state index is 10.1. The van der Waals surface area contributed by atoms with Gasteiger partial charge in [0.05, 0.1) is 11.1 Å². The number of benzene rings is 2. The van der Waals surface area contributed by atoms with Crippen LogP contribution in [0.25, 0.3) is 22.5 Å². The molecule has 0 spiro atoms. The summed E-state index contributed by atoms with van der Waals surface area (Å²) < 4.78 is 3.42. The first-order valence-corrected chi connectivity index (χ1v) is 11.1. The minimum Gasteiger partial charge on any atom is -0.507 e. The Labute approximate surface area is 224 Å². The fourth-order valence-corrected chi connectivity index (χ4v) is 3.65. The second kappa shape index (κ2) is 13.3. The molecule has 0 bridgehead atoms. The van der Waals surface area contributed by atoms with Crippen LogP contribution < -0.4 is 0 Å². The first-order chi connectivity index (χ1) is 16.5. The van der Waals surface area contributed by atoms with E-state index in [4.69, 9.17) is 0 Å². The van der Waals surface area contributed by atoms with Gasteiger partial charge in [-0.3, -0.25) is 9.36 Å². The molecule has 0 amide bonds. The van der Waals surface area contributed by atoms with Crippen molar-refractivity contribution in [3.63, 3.8) is 0 Å². The third-order valence-electron chi connectivity index (χ3n) is 5.28. The molecule has 4 rings (SSSR count). The van der Waals surface area contributed by atoms with Gasteiger partial charge in [-0.2, -0.15) is 10.2 Å². The van der Waals surface area contributed by atoms with Crippen LogP contribution in [-0.4, -0.2) is 29.8 Å². The van der Waals surface area contributed by atoms with Gasteiger partial charge < -0.3 is 17.6 Å². The van der Waals surface area contributed by atoms with Crippen LogP contribution >= 0.6 is 0 Å². The topological polar surface area (TPSA) is 76.1 Å². The number of aryl methyl sites for hydroxylation is 2. The minimum absolute atomic E-state index is 0. The Balaban J connectivity index is 0.00000228. The normalized spacial score (nSPS) is 9.72. The van der Waals surface area contributed by atoms with Crippen molar-refractivity contribution in [2.45, 2.75) is 25.7 Å². The van der Waals surface area contributed by atoms with Crippen molar-refractivity contribution in [2.24, 2.45) is 14.1 Å². The van der Waals surface area contributed by atoms with Gasteiger partial charge in [0, 0.05) is 69.0 Å². The summed E-state index contributed by atoms with van der Waals surface area (Å²) >= 11 is 0. The number of hydrogen-bond acceptors (Lipinski definition) is 4. The summed E-state index contributed by atoms with van der Waals surface area (Å²) in [7, 11) is 3.69. The number of nitrogens with zero attached hydrogens (tertiary/aromatic N) is 4. The second-order valence-electron chi connectivity index (χ2n) is 7.98. The van der Waals surface area contributed by atoms with E-state index in [-0.39, 0.29) is 37.5 Å². The summed E-state index contributed by atoms with van der Waals surface area (Å²) in [6.45, 7) is 0. The van der Waals surface area contributed by atoms with E-state index in [1.165, 1.54) is 0 Å². The average Bonchev–Trinajstić information content (AvgIpc) is 3.37. The van der Waals surface area contributed by atoms with Crippen molar-refractivity contribution in [3.8, 4) is 57.7 Å². The molecule has 4 aromatic rings. The molecular weight excluding hydrogens is 487 g/mol. The van der Waals surface area contributed by atoms with E-state index in [0.29, 0.717) is 22.5 Å². The van der Waals surface area contributed by atoms with E-state index >= 15 is 0 Å². The Kier molecular flexibility index (Phi) is 10.5. The molecule has 6 nitrogen and oxygen atoms in total. The molecule has 0 atom stereocenters. The molecule has 36 heavy (non-hydrogen) atoms. The van der Waals surface area contributed by atoms with Crippen molar-refractivity contribution in [2.75, 3.05) is 0 Å². The van der Waals surface area contributed by atoms with Gasteiger partial charge in [-0.15, -0.1) is 0 Å². The van der Waals surface area contributed by atoms with E-state index in [0.717, 1.165) is 36.8 Å². The van der Waals surface area contributed by atoms with Crippen molar-refractivity contribution >= 4 is 0 Å². The Morgan fingerprint density at radius 1 is 0.694 bits per heavy atom. The Bertz CT molecular complexity index is 1320. The number of rotatable bonds is 5. The summed E-state index contributed by atoms with van der Waals surface area (Å²) in [5.74, 6) is 13.2. The van der Waals surface area contributed by atoms with Gasteiger partial charge in [0.2, 0.25) is 0 Å². The van der Waals surface area contributed by atoms with Crippen LogP contribution in [0.4, 0.5) is 0 Å². The number of hydrogen-bond donors (Lipinski definition) is 2. The van der Waals surface area contributed by atoms with E-state index in [9.17, 15) is 10.2 Å². The maximum atomic E-state index is 10.1. The van der Waals surface area contributed by atoms with Crippen LogP contribution in [0, 0.1) is 31.1 Å². The molecule has 0 aliphatic heterocycles. The van der Waals surface area contributed by atoms with Crippen molar-refractivity contribution in [3.05, 3.63) is 79.5 Å². The van der Waals surface area contributed by atoms with Crippen molar-refractivity contribution < 1.29 is 28.8 Å². The monoisotopic (exact) mass is 516 g/mol. The third-order valence-corrected chi connectivity index (χ3v) is 5.28. The molecule has 0 fully saturated rings. The van der Waals surface area contributed by atoms with Crippen molar-refractivity contribution in [1.82, 2.24) is 19.6 Å². The fraction of sp³-hybridized carbons (Fsp3) is 0.207. The molecule has 0 aliphatic rings. The number of para-hydroxylation sites is 2. The van der Waals surface area contributed by atoms with Gasteiger partial charge >= 0.3 is 0 Å². The zero-order valence-corrected chi connectivity index (χ0v) is 22.1. The number of phenols is 2. The quantitative estimate of drug-likeness (QED) is 0.214. The van der Waals surface area contributed by atoms with Gasteiger partial charge in [0.25, 0.3) is 0 Å². The Morgan fingerprint density at radius 2 is 1.08 bits per heavy atom. The second-order valence-corrected chi connectivity index (χ2v) is 7.98. The van der Waals surface area contributed by atoms with Gasteiger partial charge in [0.1, 0.15) is 22.9 Å². The molecule has 0 unspecified atom stereocenters. The van der Waals surface area contributed by atoms with E-state index in [1.807, 2.05) is 50.8 Å². The van der Waals surface area contributed by atoms with Crippen LogP contribution in [0.2, 0.25) is 0 Å². The van der Waals surface area contributed by atoms with Crippen LogP contribution in [0.3, 0.4) is 0 Å². The van der Waals surface area contributed by atoms with Gasteiger partial charge in [-0.05, 0) is 37.1 Å². The van der Waals surface area contributed by atoms with Crippen LogP contribution in [-0.2, 0) is 32.7 Å². The summed E-state index contributed by atoms with van der Waals surface area (Å²) in [6.07, 6.45) is 7.13. The molecule has 183 valence electrons.